The lowest BCUT2D eigenvalue weighted by Gasteiger charge is -2.44. The van der Waals surface area contributed by atoms with Crippen LogP contribution in [0.4, 0.5) is 0 Å². The summed E-state index contributed by atoms with van der Waals surface area (Å²) >= 11 is 2.03. The van der Waals surface area contributed by atoms with Gasteiger partial charge in [0, 0.05) is 17.0 Å². The average Bonchev–Trinajstić information content (AvgIpc) is 3.23. The van der Waals surface area contributed by atoms with Crippen LogP contribution in [-0.4, -0.2) is 56.7 Å². The number of hydrogen-bond acceptors (Lipinski definition) is 6. The molecule has 6 unspecified atom stereocenters. The minimum Gasteiger partial charge on any atom is -0.504 e. The predicted octanol–water partition coefficient (Wildman–Crippen LogP) is 4.24. The van der Waals surface area contributed by atoms with Crippen LogP contribution in [0.5, 0.6) is 11.5 Å². The van der Waals surface area contributed by atoms with Gasteiger partial charge in [-0.05, 0) is 101 Å². The molecule has 2 aliphatic carbocycles. The first kappa shape index (κ1) is 27.1. The van der Waals surface area contributed by atoms with Gasteiger partial charge in [0.05, 0.1) is 34.4 Å². The van der Waals surface area contributed by atoms with Crippen LogP contribution in [-0.2, 0) is 19.2 Å². The third kappa shape index (κ3) is 3.82. The normalized spacial score (nSPS) is 31.3. The molecule has 8 nitrogen and oxygen atoms in total. The molecule has 6 atom stereocenters. The van der Waals surface area contributed by atoms with Crippen LogP contribution in [0.3, 0.4) is 0 Å². The number of fused-ring (bicyclic) bond motifs is 4. The van der Waals surface area contributed by atoms with E-state index < -0.39 is 40.7 Å². The van der Waals surface area contributed by atoms with Gasteiger partial charge in [0.2, 0.25) is 23.6 Å². The number of imide groups is 2. The van der Waals surface area contributed by atoms with E-state index in [0.717, 1.165) is 11.1 Å². The molecule has 5 rings (SSSR count). The molecule has 4 amide bonds. The standard InChI is InChI=1S/C29H35IN2O6/c1-28(2,3)31-24(34)15-9-8-14-16(21(15)26(31)36)12-17-22(27(37)32(25(17)35)29(4,5)6)20(14)13-10-18(30)23(33)19(11-13)38-7/h8,10-11,15-17,20-22,33H,9,12H2,1-7H3. The molecule has 1 saturated carbocycles. The number of carbonyl (C=O) groups is 4. The van der Waals surface area contributed by atoms with Crippen LogP contribution in [0.25, 0.3) is 0 Å². The highest BCUT2D eigenvalue weighted by atomic mass is 127. The molecule has 4 aliphatic rings. The minimum absolute atomic E-state index is 0.0148. The molecule has 3 fully saturated rings. The number of nitrogens with zero attached hydrogens (tertiary/aromatic N) is 2. The third-order valence-electron chi connectivity index (χ3n) is 8.62. The van der Waals surface area contributed by atoms with Crippen LogP contribution in [0, 0.1) is 33.2 Å². The number of halogens is 1. The number of allylic oxidation sites excluding steroid dienone is 2. The lowest BCUT2D eigenvalue weighted by atomic mass is 9.57. The van der Waals surface area contributed by atoms with Crippen molar-refractivity contribution in [2.75, 3.05) is 7.11 Å². The first-order valence-corrected chi connectivity index (χ1v) is 14.2. The summed E-state index contributed by atoms with van der Waals surface area (Å²) in [6, 6.07) is 3.56. The number of rotatable bonds is 2. The summed E-state index contributed by atoms with van der Waals surface area (Å²) < 4.78 is 6.01. The topological polar surface area (TPSA) is 104 Å². The van der Waals surface area contributed by atoms with E-state index in [1.165, 1.54) is 16.9 Å². The number of hydrogen-bond donors (Lipinski definition) is 1. The Labute approximate surface area is 236 Å². The van der Waals surface area contributed by atoms with Gasteiger partial charge in [-0.3, -0.25) is 29.0 Å². The van der Waals surface area contributed by atoms with E-state index in [4.69, 9.17) is 4.74 Å². The van der Waals surface area contributed by atoms with Gasteiger partial charge in [0.15, 0.2) is 11.5 Å². The van der Waals surface area contributed by atoms with Crippen LogP contribution in [0.1, 0.15) is 65.9 Å². The fraction of sp³-hybridized carbons (Fsp3) is 0.586. The molecule has 38 heavy (non-hydrogen) atoms. The highest BCUT2D eigenvalue weighted by molar-refractivity contribution is 14.1. The van der Waals surface area contributed by atoms with Crippen molar-refractivity contribution in [3.63, 3.8) is 0 Å². The Kier molecular flexibility index (Phi) is 6.28. The van der Waals surface area contributed by atoms with Crippen LogP contribution >= 0.6 is 22.6 Å². The molecule has 0 aromatic heterocycles. The van der Waals surface area contributed by atoms with Crippen molar-refractivity contribution in [1.82, 2.24) is 9.80 Å². The third-order valence-corrected chi connectivity index (χ3v) is 9.44. The van der Waals surface area contributed by atoms with Crippen LogP contribution in [0.2, 0.25) is 0 Å². The second-order valence-corrected chi connectivity index (χ2v) is 14.1. The Morgan fingerprint density at radius 3 is 1.95 bits per heavy atom. The Balaban J connectivity index is 1.69. The van der Waals surface area contributed by atoms with Gasteiger partial charge in [-0.1, -0.05) is 11.6 Å². The molecule has 0 spiro atoms. The second-order valence-electron chi connectivity index (χ2n) is 12.9. The number of ether oxygens (including phenoxy) is 1. The number of amides is 4. The quantitative estimate of drug-likeness (QED) is 0.297. The van der Waals surface area contributed by atoms with Gasteiger partial charge in [0.25, 0.3) is 0 Å². The summed E-state index contributed by atoms with van der Waals surface area (Å²) in [5.74, 6) is -3.55. The minimum atomic E-state index is -0.693. The number of phenolic OH excluding ortho intramolecular Hbond substituents is 1. The summed E-state index contributed by atoms with van der Waals surface area (Å²) in [7, 11) is 1.47. The average molecular weight is 635 g/mol. The molecule has 2 aliphatic heterocycles. The van der Waals surface area contributed by atoms with E-state index >= 15 is 0 Å². The number of carbonyl (C=O) groups excluding carboxylic acids is 4. The van der Waals surface area contributed by atoms with E-state index in [0.29, 0.717) is 16.4 Å². The SMILES string of the molecule is COc1cc(C2C3=CCC4C(=O)N(C(C)(C)C)C(=O)C4C3CC3C(=O)N(C(C)(C)C)C(=O)C32)cc(I)c1O. The van der Waals surface area contributed by atoms with Crippen LogP contribution < -0.4 is 4.74 Å². The van der Waals surface area contributed by atoms with Gasteiger partial charge in [0.1, 0.15) is 0 Å². The second kappa shape index (κ2) is 8.79. The number of methoxy groups -OCH3 is 1. The number of likely N-dealkylation sites (tertiary alicyclic amines) is 2. The molecule has 1 aromatic rings. The first-order valence-electron chi connectivity index (χ1n) is 13.1. The van der Waals surface area contributed by atoms with Gasteiger partial charge >= 0.3 is 0 Å². The lowest BCUT2D eigenvalue weighted by Crippen LogP contribution is -2.47. The molecule has 0 radical (unpaired) electrons. The van der Waals surface area contributed by atoms with E-state index in [1.807, 2.05) is 76.3 Å². The number of aromatic hydroxyl groups is 1. The molecular formula is C29H35IN2O6. The number of benzene rings is 1. The molecule has 2 saturated heterocycles. The van der Waals surface area contributed by atoms with E-state index in [2.05, 4.69) is 0 Å². The van der Waals surface area contributed by atoms with Crippen molar-refractivity contribution in [2.24, 2.45) is 29.6 Å². The molecule has 0 bridgehead atoms. The number of phenols is 1. The van der Waals surface area contributed by atoms with Crippen LogP contribution in [0.15, 0.2) is 23.8 Å². The summed E-state index contributed by atoms with van der Waals surface area (Å²) in [6.45, 7) is 11.1. The fourth-order valence-corrected chi connectivity index (χ4v) is 7.84. The van der Waals surface area contributed by atoms with Crippen molar-refractivity contribution >= 4 is 46.2 Å². The Hall–Kier alpha value is -2.43. The van der Waals surface area contributed by atoms with Gasteiger partial charge in [-0.25, -0.2) is 0 Å². The maximum atomic E-state index is 14.0. The lowest BCUT2D eigenvalue weighted by molar-refractivity contribution is -0.147. The van der Waals surface area contributed by atoms with Crippen molar-refractivity contribution in [1.29, 1.82) is 0 Å². The van der Waals surface area contributed by atoms with Gasteiger partial charge in [-0.2, -0.15) is 0 Å². The summed E-state index contributed by atoms with van der Waals surface area (Å²) in [5, 5.41) is 10.5. The van der Waals surface area contributed by atoms with E-state index in [1.54, 1.807) is 6.07 Å². The summed E-state index contributed by atoms with van der Waals surface area (Å²) in [5.41, 5.74) is 0.353. The van der Waals surface area contributed by atoms with Crippen molar-refractivity contribution in [2.45, 2.75) is 71.4 Å². The molecular weight excluding hydrogens is 599 g/mol. The fourth-order valence-electron chi connectivity index (χ4n) is 7.21. The van der Waals surface area contributed by atoms with Crippen molar-refractivity contribution < 1.29 is 29.0 Å². The zero-order valence-electron chi connectivity index (χ0n) is 22.9. The highest BCUT2D eigenvalue weighted by Crippen LogP contribution is 2.59. The Morgan fingerprint density at radius 2 is 1.39 bits per heavy atom. The smallest absolute Gasteiger partial charge is 0.234 e. The molecule has 1 aromatic carbocycles. The maximum Gasteiger partial charge on any atom is 0.234 e. The van der Waals surface area contributed by atoms with Crippen molar-refractivity contribution in [3.8, 4) is 11.5 Å². The molecule has 9 heteroatoms. The molecule has 204 valence electrons. The summed E-state index contributed by atoms with van der Waals surface area (Å²) in [6.07, 6.45) is 2.81. The monoisotopic (exact) mass is 634 g/mol. The Morgan fingerprint density at radius 1 is 0.842 bits per heavy atom. The van der Waals surface area contributed by atoms with Crippen molar-refractivity contribution in [3.05, 3.63) is 32.9 Å². The maximum absolute atomic E-state index is 14.0. The zero-order chi connectivity index (χ0) is 28.1. The largest absolute Gasteiger partial charge is 0.504 e. The Bertz CT molecular complexity index is 1290. The highest BCUT2D eigenvalue weighted by Gasteiger charge is 2.63. The summed E-state index contributed by atoms with van der Waals surface area (Å²) in [4.78, 5) is 57.8. The van der Waals surface area contributed by atoms with E-state index in [-0.39, 0.29) is 41.0 Å². The van der Waals surface area contributed by atoms with E-state index in [9.17, 15) is 24.3 Å². The zero-order valence-corrected chi connectivity index (χ0v) is 25.0. The van der Waals surface area contributed by atoms with Gasteiger partial charge in [-0.15, -0.1) is 0 Å². The van der Waals surface area contributed by atoms with Gasteiger partial charge < -0.3 is 9.84 Å². The molecule has 2 heterocycles. The predicted molar refractivity (Wildman–Crippen MR) is 148 cm³/mol. The molecule has 1 N–H and O–H groups in total. The first-order chi connectivity index (χ1) is 17.6.